The van der Waals surface area contributed by atoms with Crippen molar-refractivity contribution < 1.29 is 14.7 Å². The van der Waals surface area contributed by atoms with E-state index in [0.29, 0.717) is 22.5 Å². The van der Waals surface area contributed by atoms with E-state index in [-0.39, 0.29) is 12.5 Å². The van der Waals surface area contributed by atoms with Crippen molar-refractivity contribution in [1.29, 1.82) is 0 Å². The first kappa shape index (κ1) is 18.9. The van der Waals surface area contributed by atoms with Gasteiger partial charge in [0.1, 0.15) is 6.54 Å². The second kappa shape index (κ2) is 7.18. The lowest BCUT2D eigenvalue weighted by atomic mass is 9.87. The molecule has 146 valence electrons. The number of rotatable bonds is 4. The van der Waals surface area contributed by atoms with Crippen LogP contribution < -0.4 is 10.2 Å². The minimum atomic E-state index is -1.81. The molecule has 0 radical (unpaired) electrons. The lowest BCUT2D eigenvalue weighted by Crippen LogP contribution is -2.44. The molecule has 2 amide bonds. The van der Waals surface area contributed by atoms with Gasteiger partial charge in [-0.1, -0.05) is 65.7 Å². The molecule has 2 N–H and O–H groups in total. The Hall–Kier alpha value is -3.44. The maximum absolute atomic E-state index is 13.3. The molecule has 0 aromatic heterocycles. The quantitative estimate of drug-likeness (QED) is 0.721. The number of anilines is 2. The van der Waals surface area contributed by atoms with Gasteiger partial charge in [0.05, 0.1) is 5.69 Å². The van der Waals surface area contributed by atoms with Gasteiger partial charge in [0.15, 0.2) is 5.60 Å². The van der Waals surface area contributed by atoms with Gasteiger partial charge in [0.2, 0.25) is 5.91 Å². The van der Waals surface area contributed by atoms with E-state index in [1.807, 2.05) is 50.2 Å². The summed E-state index contributed by atoms with van der Waals surface area (Å²) in [6, 6.07) is 21.7. The Labute approximate surface area is 169 Å². The highest BCUT2D eigenvalue weighted by Gasteiger charge is 2.51. The molecule has 0 bridgehead atoms. The van der Waals surface area contributed by atoms with Crippen LogP contribution in [0.25, 0.3) is 0 Å². The minimum Gasteiger partial charge on any atom is -0.372 e. The normalized spacial score (nSPS) is 17.9. The van der Waals surface area contributed by atoms with Gasteiger partial charge >= 0.3 is 0 Å². The fourth-order valence-corrected chi connectivity index (χ4v) is 3.65. The zero-order chi connectivity index (χ0) is 20.6. The molecule has 0 saturated carbocycles. The first-order valence-electron chi connectivity index (χ1n) is 9.47. The van der Waals surface area contributed by atoms with E-state index in [1.54, 1.807) is 36.4 Å². The maximum atomic E-state index is 13.3. The van der Waals surface area contributed by atoms with Gasteiger partial charge in [-0.2, -0.15) is 0 Å². The van der Waals surface area contributed by atoms with Crippen molar-refractivity contribution >= 4 is 23.2 Å². The predicted octanol–water partition coefficient (Wildman–Crippen LogP) is 3.52. The largest absolute Gasteiger partial charge is 0.372 e. The third-order valence-electron chi connectivity index (χ3n) is 5.25. The number of aryl methyl sites for hydroxylation is 2. The van der Waals surface area contributed by atoms with E-state index in [0.717, 1.165) is 11.1 Å². The topological polar surface area (TPSA) is 69.6 Å². The van der Waals surface area contributed by atoms with E-state index in [4.69, 9.17) is 0 Å². The standard InChI is InChI=1S/C24H22N2O3/c1-16-7-11-18(12-8-16)24(29)20-5-3-4-6-21(20)26(23(24)28)15-22(27)25-19-13-9-17(2)10-14-19/h3-14,29H,15H2,1-2H3,(H,25,27). The number of fused-ring (bicyclic) bond motifs is 1. The number of carbonyl (C=O) groups is 2. The summed E-state index contributed by atoms with van der Waals surface area (Å²) >= 11 is 0. The van der Waals surface area contributed by atoms with Crippen LogP contribution >= 0.6 is 0 Å². The summed E-state index contributed by atoms with van der Waals surface area (Å²) in [7, 11) is 0. The van der Waals surface area contributed by atoms with E-state index < -0.39 is 11.5 Å². The van der Waals surface area contributed by atoms with Gasteiger partial charge in [-0.05, 0) is 37.6 Å². The molecule has 0 spiro atoms. The van der Waals surface area contributed by atoms with Gasteiger partial charge in [-0.3, -0.25) is 14.5 Å². The molecular weight excluding hydrogens is 364 g/mol. The Morgan fingerprint density at radius 1 is 0.931 bits per heavy atom. The number of aliphatic hydroxyl groups is 1. The Balaban J connectivity index is 1.64. The summed E-state index contributed by atoms with van der Waals surface area (Å²) in [4.78, 5) is 27.3. The van der Waals surface area contributed by atoms with Crippen molar-refractivity contribution in [2.45, 2.75) is 19.4 Å². The van der Waals surface area contributed by atoms with Crippen LogP contribution in [-0.4, -0.2) is 23.5 Å². The van der Waals surface area contributed by atoms with E-state index >= 15 is 0 Å². The van der Waals surface area contributed by atoms with Gasteiger partial charge < -0.3 is 10.4 Å². The molecule has 3 aromatic rings. The molecule has 5 nitrogen and oxygen atoms in total. The summed E-state index contributed by atoms with van der Waals surface area (Å²) in [5.74, 6) is -0.855. The van der Waals surface area contributed by atoms with Crippen LogP contribution in [0.1, 0.15) is 22.3 Å². The third-order valence-corrected chi connectivity index (χ3v) is 5.25. The third kappa shape index (κ3) is 3.30. The lowest BCUT2D eigenvalue weighted by molar-refractivity contribution is -0.133. The second-order valence-corrected chi connectivity index (χ2v) is 7.40. The number of hydrogen-bond acceptors (Lipinski definition) is 3. The molecular formula is C24H22N2O3. The van der Waals surface area contributed by atoms with Gasteiger partial charge in [-0.15, -0.1) is 0 Å². The molecule has 1 atom stereocenters. The zero-order valence-corrected chi connectivity index (χ0v) is 16.3. The molecule has 0 saturated heterocycles. The van der Waals surface area contributed by atoms with Crippen molar-refractivity contribution in [2.75, 3.05) is 16.8 Å². The fourth-order valence-electron chi connectivity index (χ4n) is 3.65. The van der Waals surface area contributed by atoms with Crippen LogP contribution in [0, 0.1) is 13.8 Å². The van der Waals surface area contributed by atoms with Crippen molar-refractivity contribution in [1.82, 2.24) is 0 Å². The van der Waals surface area contributed by atoms with Crippen LogP contribution in [0.3, 0.4) is 0 Å². The molecule has 1 aliphatic rings. The minimum absolute atomic E-state index is 0.183. The summed E-state index contributed by atoms with van der Waals surface area (Å²) in [6.07, 6.45) is 0. The second-order valence-electron chi connectivity index (χ2n) is 7.40. The Morgan fingerprint density at radius 2 is 1.52 bits per heavy atom. The molecule has 0 fully saturated rings. The van der Waals surface area contributed by atoms with Crippen molar-refractivity contribution in [2.24, 2.45) is 0 Å². The van der Waals surface area contributed by atoms with E-state index in [1.165, 1.54) is 4.90 Å². The number of para-hydroxylation sites is 1. The van der Waals surface area contributed by atoms with E-state index in [2.05, 4.69) is 5.32 Å². The Bertz CT molecular complexity index is 1070. The highest BCUT2D eigenvalue weighted by atomic mass is 16.3. The summed E-state index contributed by atoms with van der Waals surface area (Å²) in [5, 5.41) is 14.3. The highest BCUT2D eigenvalue weighted by Crippen LogP contribution is 2.44. The molecule has 1 unspecified atom stereocenters. The van der Waals surface area contributed by atoms with Crippen LogP contribution in [0.4, 0.5) is 11.4 Å². The van der Waals surface area contributed by atoms with Gasteiger partial charge in [0.25, 0.3) is 5.91 Å². The van der Waals surface area contributed by atoms with Gasteiger partial charge in [0, 0.05) is 11.3 Å². The predicted molar refractivity (Wildman–Crippen MR) is 113 cm³/mol. The van der Waals surface area contributed by atoms with Crippen LogP contribution in [0.5, 0.6) is 0 Å². The van der Waals surface area contributed by atoms with Crippen LogP contribution in [0.15, 0.2) is 72.8 Å². The molecule has 4 rings (SSSR count). The fraction of sp³-hybridized carbons (Fsp3) is 0.167. The van der Waals surface area contributed by atoms with Crippen LogP contribution in [-0.2, 0) is 15.2 Å². The average molecular weight is 386 g/mol. The molecule has 29 heavy (non-hydrogen) atoms. The summed E-state index contributed by atoms with van der Waals surface area (Å²) in [5.41, 5.74) is 2.49. The summed E-state index contributed by atoms with van der Waals surface area (Å²) < 4.78 is 0. The number of nitrogens with zero attached hydrogens (tertiary/aromatic N) is 1. The molecule has 3 aromatic carbocycles. The number of nitrogens with one attached hydrogen (secondary N) is 1. The van der Waals surface area contributed by atoms with Gasteiger partial charge in [-0.25, -0.2) is 0 Å². The number of benzene rings is 3. The molecule has 0 aliphatic carbocycles. The Morgan fingerprint density at radius 3 is 2.17 bits per heavy atom. The monoisotopic (exact) mass is 386 g/mol. The van der Waals surface area contributed by atoms with Crippen molar-refractivity contribution in [3.63, 3.8) is 0 Å². The first-order chi connectivity index (χ1) is 13.9. The molecule has 5 heteroatoms. The molecule has 1 aliphatic heterocycles. The molecule has 1 heterocycles. The Kier molecular flexibility index (Phi) is 4.68. The average Bonchev–Trinajstić information content (AvgIpc) is 2.93. The summed E-state index contributed by atoms with van der Waals surface area (Å²) in [6.45, 7) is 3.73. The van der Waals surface area contributed by atoms with Crippen molar-refractivity contribution in [3.05, 3.63) is 95.1 Å². The maximum Gasteiger partial charge on any atom is 0.268 e. The SMILES string of the molecule is Cc1ccc(NC(=O)CN2C(=O)C(O)(c3ccc(C)cc3)c3ccccc32)cc1. The zero-order valence-electron chi connectivity index (χ0n) is 16.3. The lowest BCUT2D eigenvalue weighted by Gasteiger charge is -2.23. The van der Waals surface area contributed by atoms with Crippen molar-refractivity contribution in [3.8, 4) is 0 Å². The number of carbonyl (C=O) groups excluding carboxylic acids is 2. The van der Waals surface area contributed by atoms with E-state index in [9.17, 15) is 14.7 Å². The van der Waals surface area contributed by atoms with Crippen LogP contribution in [0.2, 0.25) is 0 Å². The first-order valence-corrected chi connectivity index (χ1v) is 9.47. The number of amides is 2. The number of hydrogen-bond donors (Lipinski definition) is 2. The smallest absolute Gasteiger partial charge is 0.268 e. The highest BCUT2D eigenvalue weighted by molar-refractivity contribution is 6.12.